The van der Waals surface area contributed by atoms with Crippen LogP contribution in [0.15, 0.2) is 6.07 Å². The molecular formula is C16H27N3. The summed E-state index contributed by atoms with van der Waals surface area (Å²) in [6.45, 7) is 4.49. The van der Waals surface area contributed by atoms with Crippen LogP contribution in [-0.4, -0.2) is 17.0 Å². The van der Waals surface area contributed by atoms with Gasteiger partial charge in [0, 0.05) is 24.7 Å². The van der Waals surface area contributed by atoms with Crippen molar-refractivity contribution in [3.8, 4) is 0 Å². The molecule has 3 nitrogen and oxygen atoms in total. The van der Waals surface area contributed by atoms with Crippen LogP contribution in [-0.2, 0) is 6.42 Å². The van der Waals surface area contributed by atoms with Crippen molar-refractivity contribution in [1.82, 2.24) is 9.97 Å². The summed E-state index contributed by atoms with van der Waals surface area (Å²) in [6.07, 6.45) is 8.97. The summed E-state index contributed by atoms with van der Waals surface area (Å²) < 4.78 is 0. The molecule has 1 heterocycles. The van der Waals surface area contributed by atoms with Crippen LogP contribution in [0.3, 0.4) is 0 Å². The van der Waals surface area contributed by atoms with Crippen molar-refractivity contribution < 1.29 is 0 Å². The van der Waals surface area contributed by atoms with Crippen molar-refractivity contribution in [3.05, 3.63) is 17.6 Å². The fourth-order valence-corrected chi connectivity index (χ4v) is 2.89. The van der Waals surface area contributed by atoms with E-state index in [2.05, 4.69) is 25.2 Å². The Morgan fingerprint density at radius 1 is 1.16 bits per heavy atom. The van der Waals surface area contributed by atoms with Gasteiger partial charge >= 0.3 is 0 Å². The second-order valence-electron chi connectivity index (χ2n) is 6.14. The number of nitrogens with one attached hydrogen (secondary N) is 1. The predicted molar refractivity (Wildman–Crippen MR) is 80.6 cm³/mol. The lowest BCUT2D eigenvalue weighted by atomic mass is 9.99. The molecule has 3 heteroatoms. The molecule has 1 saturated carbocycles. The van der Waals surface area contributed by atoms with Crippen LogP contribution in [0.2, 0.25) is 0 Å². The average molecular weight is 261 g/mol. The van der Waals surface area contributed by atoms with Gasteiger partial charge in [-0.25, -0.2) is 9.97 Å². The lowest BCUT2D eigenvalue weighted by Gasteiger charge is -2.15. The SMILES string of the molecule is CNc1cc(CC(C)C)nc(C2CCCCCC2)n1. The van der Waals surface area contributed by atoms with E-state index in [9.17, 15) is 0 Å². The van der Waals surface area contributed by atoms with E-state index in [0.29, 0.717) is 11.8 Å². The van der Waals surface area contributed by atoms with Gasteiger partial charge in [-0.2, -0.15) is 0 Å². The maximum Gasteiger partial charge on any atom is 0.134 e. The first kappa shape index (κ1) is 14.3. The third kappa shape index (κ3) is 4.19. The van der Waals surface area contributed by atoms with Crippen LogP contribution < -0.4 is 5.32 Å². The van der Waals surface area contributed by atoms with Gasteiger partial charge in [0.15, 0.2) is 0 Å². The molecular weight excluding hydrogens is 234 g/mol. The molecule has 0 bridgehead atoms. The minimum Gasteiger partial charge on any atom is -0.373 e. The standard InChI is InChI=1S/C16H27N3/c1-12(2)10-14-11-15(17-3)19-16(18-14)13-8-6-4-5-7-9-13/h11-13H,4-10H2,1-3H3,(H,17,18,19). The minimum absolute atomic E-state index is 0.571. The van der Waals surface area contributed by atoms with Crippen molar-refractivity contribution in [2.75, 3.05) is 12.4 Å². The van der Waals surface area contributed by atoms with E-state index in [1.165, 1.54) is 44.2 Å². The molecule has 1 fully saturated rings. The van der Waals surface area contributed by atoms with Gasteiger partial charge in [0.1, 0.15) is 11.6 Å². The van der Waals surface area contributed by atoms with Crippen LogP contribution in [0.25, 0.3) is 0 Å². The first-order chi connectivity index (χ1) is 9.19. The van der Waals surface area contributed by atoms with E-state index < -0.39 is 0 Å². The normalized spacial score (nSPS) is 17.5. The Kier molecular flexibility index (Phi) is 5.17. The fraction of sp³-hybridized carbons (Fsp3) is 0.750. The minimum atomic E-state index is 0.571. The zero-order chi connectivity index (χ0) is 13.7. The first-order valence-electron chi connectivity index (χ1n) is 7.74. The molecule has 2 rings (SSSR count). The van der Waals surface area contributed by atoms with Crippen molar-refractivity contribution in [2.45, 2.75) is 64.7 Å². The molecule has 0 aromatic carbocycles. The topological polar surface area (TPSA) is 37.8 Å². The third-order valence-corrected chi connectivity index (χ3v) is 3.89. The molecule has 1 aromatic heterocycles. The maximum absolute atomic E-state index is 4.84. The molecule has 0 unspecified atom stereocenters. The zero-order valence-corrected chi connectivity index (χ0v) is 12.6. The van der Waals surface area contributed by atoms with E-state index in [0.717, 1.165) is 18.1 Å². The van der Waals surface area contributed by atoms with Crippen LogP contribution in [0, 0.1) is 5.92 Å². The molecule has 0 amide bonds. The number of hydrogen-bond acceptors (Lipinski definition) is 3. The summed E-state index contributed by atoms with van der Waals surface area (Å²) in [5, 5.41) is 3.18. The van der Waals surface area contributed by atoms with Crippen molar-refractivity contribution in [1.29, 1.82) is 0 Å². The molecule has 0 saturated heterocycles. The molecule has 0 atom stereocenters. The van der Waals surface area contributed by atoms with Crippen LogP contribution in [0.1, 0.15) is 69.8 Å². The Morgan fingerprint density at radius 3 is 2.42 bits per heavy atom. The van der Waals surface area contributed by atoms with E-state index in [1.54, 1.807) is 0 Å². The summed E-state index contributed by atoms with van der Waals surface area (Å²) in [5.41, 5.74) is 1.19. The highest BCUT2D eigenvalue weighted by atomic mass is 15.0. The number of hydrogen-bond donors (Lipinski definition) is 1. The van der Waals surface area contributed by atoms with E-state index in [4.69, 9.17) is 9.97 Å². The second-order valence-corrected chi connectivity index (χ2v) is 6.14. The van der Waals surface area contributed by atoms with Gasteiger partial charge in [-0.15, -0.1) is 0 Å². The summed E-state index contributed by atoms with van der Waals surface area (Å²) in [7, 11) is 1.94. The molecule has 0 aliphatic heterocycles. The third-order valence-electron chi connectivity index (χ3n) is 3.89. The van der Waals surface area contributed by atoms with Crippen LogP contribution >= 0.6 is 0 Å². The Balaban J connectivity index is 2.22. The van der Waals surface area contributed by atoms with Crippen LogP contribution in [0.5, 0.6) is 0 Å². The molecule has 1 aromatic rings. The number of aromatic nitrogens is 2. The Labute approximate surface area is 117 Å². The molecule has 0 radical (unpaired) electrons. The molecule has 106 valence electrons. The monoisotopic (exact) mass is 261 g/mol. The summed E-state index contributed by atoms with van der Waals surface area (Å²) in [4.78, 5) is 9.54. The Hall–Kier alpha value is -1.12. The molecule has 1 aliphatic rings. The van der Waals surface area contributed by atoms with Gasteiger partial charge in [0.2, 0.25) is 0 Å². The molecule has 0 spiro atoms. The lowest BCUT2D eigenvalue weighted by Crippen LogP contribution is -2.10. The van der Waals surface area contributed by atoms with Crippen LogP contribution in [0.4, 0.5) is 5.82 Å². The molecule has 19 heavy (non-hydrogen) atoms. The smallest absolute Gasteiger partial charge is 0.134 e. The van der Waals surface area contributed by atoms with Gasteiger partial charge in [0.25, 0.3) is 0 Å². The Morgan fingerprint density at radius 2 is 1.84 bits per heavy atom. The highest BCUT2D eigenvalue weighted by Gasteiger charge is 2.18. The Bertz CT molecular complexity index is 393. The quantitative estimate of drug-likeness (QED) is 0.827. The van der Waals surface area contributed by atoms with E-state index >= 15 is 0 Å². The predicted octanol–water partition coefficient (Wildman–Crippen LogP) is 4.15. The lowest BCUT2D eigenvalue weighted by molar-refractivity contribution is 0.552. The summed E-state index contributed by atoms with van der Waals surface area (Å²) in [5.74, 6) is 3.26. The van der Waals surface area contributed by atoms with E-state index in [-0.39, 0.29) is 0 Å². The number of anilines is 1. The maximum atomic E-state index is 4.84. The van der Waals surface area contributed by atoms with Gasteiger partial charge in [-0.3, -0.25) is 0 Å². The van der Waals surface area contributed by atoms with Crippen molar-refractivity contribution in [2.24, 2.45) is 5.92 Å². The summed E-state index contributed by atoms with van der Waals surface area (Å²) >= 11 is 0. The van der Waals surface area contributed by atoms with Crippen molar-refractivity contribution in [3.63, 3.8) is 0 Å². The van der Waals surface area contributed by atoms with Gasteiger partial charge in [0.05, 0.1) is 0 Å². The first-order valence-corrected chi connectivity index (χ1v) is 7.74. The fourth-order valence-electron chi connectivity index (χ4n) is 2.89. The van der Waals surface area contributed by atoms with E-state index in [1.807, 2.05) is 7.05 Å². The average Bonchev–Trinajstić information content (AvgIpc) is 2.66. The highest BCUT2D eigenvalue weighted by molar-refractivity contribution is 5.35. The summed E-state index contributed by atoms with van der Waals surface area (Å²) in [6, 6.07) is 2.10. The van der Waals surface area contributed by atoms with Gasteiger partial charge < -0.3 is 5.32 Å². The highest BCUT2D eigenvalue weighted by Crippen LogP contribution is 2.30. The molecule has 1 N–H and O–H groups in total. The number of rotatable bonds is 4. The largest absolute Gasteiger partial charge is 0.373 e. The zero-order valence-electron chi connectivity index (χ0n) is 12.6. The van der Waals surface area contributed by atoms with Gasteiger partial charge in [-0.05, 0) is 25.2 Å². The second kappa shape index (κ2) is 6.88. The van der Waals surface area contributed by atoms with Gasteiger partial charge in [-0.1, -0.05) is 39.5 Å². The molecule has 1 aliphatic carbocycles. The number of nitrogens with zero attached hydrogens (tertiary/aromatic N) is 2. The van der Waals surface area contributed by atoms with Crippen molar-refractivity contribution >= 4 is 5.82 Å².